The topological polar surface area (TPSA) is 83.6 Å². The molecule has 2 N–H and O–H groups in total. The van der Waals surface area contributed by atoms with Crippen molar-refractivity contribution in [2.75, 3.05) is 5.32 Å². The van der Waals surface area contributed by atoms with Gasteiger partial charge in [0, 0.05) is 11.6 Å². The zero-order valence-electron chi connectivity index (χ0n) is 10.5. The van der Waals surface area contributed by atoms with Crippen LogP contribution < -0.4 is 5.32 Å². The van der Waals surface area contributed by atoms with Gasteiger partial charge >= 0.3 is 0 Å². The van der Waals surface area contributed by atoms with E-state index in [9.17, 15) is 4.79 Å². The van der Waals surface area contributed by atoms with Crippen molar-refractivity contribution in [3.05, 3.63) is 46.9 Å². The number of benzene rings is 1. The number of H-pyrrole nitrogens is 1. The fraction of sp³-hybridized carbons (Fsp3) is 0.0769. The van der Waals surface area contributed by atoms with Crippen LogP contribution in [0.5, 0.6) is 0 Å². The summed E-state index contributed by atoms with van der Waals surface area (Å²) >= 11 is 6.23. The first-order valence-electron chi connectivity index (χ1n) is 5.88. The van der Waals surface area contributed by atoms with Crippen molar-refractivity contribution in [1.29, 1.82) is 0 Å². The SMILES string of the molecule is Cc1cc(Cl)c(NC(=O)c2cn[nH]n2)c2cccnc12. The normalized spacial score (nSPS) is 10.7. The third-order valence-corrected chi connectivity index (χ3v) is 3.22. The highest BCUT2D eigenvalue weighted by molar-refractivity contribution is 6.36. The van der Waals surface area contributed by atoms with Crippen LogP contribution >= 0.6 is 11.6 Å². The van der Waals surface area contributed by atoms with E-state index in [1.54, 1.807) is 18.3 Å². The van der Waals surface area contributed by atoms with Gasteiger partial charge in [-0.1, -0.05) is 11.6 Å². The van der Waals surface area contributed by atoms with Gasteiger partial charge in [0.2, 0.25) is 0 Å². The third kappa shape index (κ3) is 2.10. The van der Waals surface area contributed by atoms with E-state index in [0.29, 0.717) is 10.7 Å². The number of nitrogens with zero attached hydrogens (tertiary/aromatic N) is 3. The van der Waals surface area contributed by atoms with Crippen LogP contribution in [0.15, 0.2) is 30.6 Å². The van der Waals surface area contributed by atoms with Gasteiger partial charge in [-0.3, -0.25) is 9.78 Å². The van der Waals surface area contributed by atoms with Crippen molar-refractivity contribution in [1.82, 2.24) is 20.4 Å². The maximum Gasteiger partial charge on any atom is 0.277 e. The zero-order chi connectivity index (χ0) is 14.1. The highest BCUT2D eigenvalue weighted by Gasteiger charge is 2.15. The number of hydrogen-bond donors (Lipinski definition) is 2. The molecule has 0 aliphatic rings. The summed E-state index contributed by atoms with van der Waals surface area (Å²) in [6.07, 6.45) is 3.05. The minimum Gasteiger partial charge on any atom is -0.319 e. The summed E-state index contributed by atoms with van der Waals surface area (Å²) in [5, 5.41) is 13.7. The third-order valence-electron chi connectivity index (χ3n) is 2.92. The summed E-state index contributed by atoms with van der Waals surface area (Å²) in [7, 11) is 0. The minimum atomic E-state index is -0.380. The van der Waals surface area contributed by atoms with Crippen molar-refractivity contribution < 1.29 is 4.79 Å². The van der Waals surface area contributed by atoms with Gasteiger partial charge in [-0.2, -0.15) is 15.4 Å². The molecule has 0 aliphatic heterocycles. The van der Waals surface area contributed by atoms with Gasteiger partial charge in [0.15, 0.2) is 5.69 Å². The van der Waals surface area contributed by atoms with Crippen molar-refractivity contribution in [3.8, 4) is 0 Å². The van der Waals surface area contributed by atoms with Crippen LogP contribution in [-0.2, 0) is 0 Å². The summed E-state index contributed by atoms with van der Waals surface area (Å²) in [4.78, 5) is 16.4. The highest BCUT2D eigenvalue weighted by atomic mass is 35.5. The number of halogens is 1. The summed E-state index contributed by atoms with van der Waals surface area (Å²) in [6, 6.07) is 5.43. The number of amides is 1. The van der Waals surface area contributed by atoms with Gasteiger partial charge in [0.05, 0.1) is 22.4 Å². The average Bonchev–Trinajstić information content (AvgIpc) is 2.97. The molecule has 3 aromatic rings. The molecule has 1 aromatic carbocycles. The second-order valence-corrected chi connectivity index (χ2v) is 4.67. The molecule has 0 spiro atoms. The number of aromatic nitrogens is 4. The van der Waals surface area contributed by atoms with E-state index >= 15 is 0 Å². The molecule has 0 radical (unpaired) electrons. The summed E-state index contributed by atoms with van der Waals surface area (Å²) in [5.41, 5.74) is 2.46. The molecule has 0 saturated carbocycles. The Morgan fingerprint density at radius 2 is 2.30 bits per heavy atom. The average molecular weight is 288 g/mol. The highest BCUT2D eigenvalue weighted by Crippen LogP contribution is 2.32. The second-order valence-electron chi connectivity index (χ2n) is 4.26. The largest absolute Gasteiger partial charge is 0.319 e. The van der Waals surface area contributed by atoms with E-state index in [0.717, 1.165) is 16.5 Å². The molecule has 0 unspecified atom stereocenters. The van der Waals surface area contributed by atoms with E-state index in [1.165, 1.54) is 6.20 Å². The molecule has 1 amide bonds. The molecule has 7 heteroatoms. The minimum absolute atomic E-state index is 0.193. The van der Waals surface area contributed by atoms with Gasteiger partial charge in [-0.15, -0.1) is 0 Å². The zero-order valence-corrected chi connectivity index (χ0v) is 11.3. The van der Waals surface area contributed by atoms with Crippen LogP contribution in [-0.4, -0.2) is 26.3 Å². The second kappa shape index (κ2) is 4.90. The number of hydrogen-bond acceptors (Lipinski definition) is 4. The first kappa shape index (κ1) is 12.6. The van der Waals surface area contributed by atoms with Crippen molar-refractivity contribution in [3.63, 3.8) is 0 Å². The van der Waals surface area contributed by atoms with Crippen molar-refractivity contribution >= 4 is 34.1 Å². The summed E-state index contributed by atoms with van der Waals surface area (Å²) < 4.78 is 0. The molecule has 2 aromatic heterocycles. The van der Waals surface area contributed by atoms with Crippen LogP contribution in [0, 0.1) is 6.92 Å². The molecular formula is C13H10ClN5O. The fourth-order valence-corrected chi connectivity index (χ4v) is 2.31. The molecule has 0 saturated heterocycles. The van der Waals surface area contributed by atoms with E-state index in [1.807, 2.05) is 13.0 Å². The lowest BCUT2D eigenvalue weighted by Gasteiger charge is -2.11. The summed E-state index contributed by atoms with van der Waals surface area (Å²) in [5.74, 6) is -0.380. The number of fused-ring (bicyclic) bond motifs is 1. The molecule has 0 aliphatic carbocycles. The Morgan fingerprint density at radius 3 is 3.05 bits per heavy atom. The fourth-order valence-electron chi connectivity index (χ4n) is 2.00. The predicted octanol–water partition coefficient (Wildman–Crippen LogP) is 2.57. The van der Waals surface area contributed by atoms with Crippen molar-refractivity contribution in [2.24, 2.45) is 0 Å². The molecule has 0 atom stereocenters. The van der Waals surface area contributed by atoms with Crippen molar-refractivity contribution in [2.45, 2.75) is 6.92 Å². The van der Waals surface area contributed by atoms with E-state index < -0.39 is 0 Å². The molecule has 100 valence electrons. The maximum atomic E-state index is 12.0. The Labute approximate surface area is 119 Å². The molecule has 0 bridgehead atoms. The first-order valence-corrected chi connectivity index (χ1v) is 6.25. The number of anilines is 1. The lowest BCUT2D eigenvalue weighted by Crippen LogP contribution is -2.13. The first-order chi connectivity index (χ1) is 9.66. The maximum absolute atomic E-state index is 12.0. The van der Waals surface area contributed by atoms with Crippen LogP contribution in [0.3, 0.4) is 0 Å². The molecule has 3 rings (SSSR count). The Balaban J connectivity index is 2.10. The molecule has 6 nitrogen and oxygen atoms in total. The number of aryl methyl sites for hydroxylation is 1. The molecule has 2 heterocycles. The number of carbonyl (C=O) groups is 1. The smallest absolute Gasteiger partial charge is 0.277 e. The van der Waals surface area contributed by atoms with E-state index in [-0.39, 0.29) is 11.6 Å². The van der Waals surface area contributed by atoms with Gasteiger partial charge in [0.1, 0.15) is 0 Å². The molecular weight excluding hydrogens is 278 g/mol. The summed E-state index contributed by atoms with van der Waals surface area (Å²) in [6.45, 7) is 1.92. The predicted molar refractivity (Wildman–Crippen MR) is 75.8 cm³/mol. The van der Waals surface area contributed by atoms with Crippen LogP contribution in [0.2, 0.25) is 5.02 Å². The number of carbonyl (C=O) groups excluding carboxylic acids is 1. The Morgan fingerprint density at radius 1 is 1.45 bits per heavy atom. The standard InChI is InChI=1S/C13H10ClN5O/c1-7-5-9(14)12(8-3-2-4-15-11(7)8)17-13(20)10-6-16-19-18-10/h2-6H,1H3,(H,17,20)(H,16,18,19). The lowest BCUT2D eigenvalue weighted by molar-refractivity contribution is 0.102. The quantitative estimate of drug-likeness (QED) is 0.759. The van der Waals surface area contributed by atoms with Crippen LogP contribution in [0.25, 0.3) is 10.9 Å². The van der Waals surface area contributed by atoms with Crippen LogP contribution in [0.1, 0.15) is 16.1 Å². The number of pyridine rings is 1. The number of rotatable bonds is 2. The number of nitrogens with one attached hydrogen (secondary N) is 2. The number of aromatic amines is 1. The van der Waals surface area contributed by atoms with Crippen LogP contribution in [0.4, 0.5) is 5.69 Å². The van der Waals surface area contributed by atoms with Gasteiger partial charge in [-0.25, -0.2) is 0 Å². The lowest BCUT2D eigenvalue weighted by atomic mass is 10.1. The van der Waals surface area contributed by atoms with Gasteiger partial charge < -0.3 is 5.32 Å². The van der Waals surface area contributed by atoms with Gasteiger partial charge in [0.25, 0.3) is 5.91 Å². The Kier molecular flexibility index (Phi) is 3.08. The van der Waals surface area contributed by atoms with E-state index in [4.69, 9.17) is 11.6 Å². The Hall–Kier alpha value is -2.47. The molecule has 0 fully saturated rings. The molecule has 20 heavy (non-hydrogen) atoms. The Bertz CT molecular complexity index is 785. The van der Waals surface area contributed by atoms with Gasteiger partial charge in [-0.05, 0) is 30.7 Å². The monoisotopic (exact) mass is 287 g/mol. The van der Waals surface area contributed by atoms with E-state index in [2.05, 4.69) is 25.7 Å².